The molecule has 0 saturated carbocycles. The van der Waals surface area contributed by atoms with Gasteiger partial charge >= 0.3 is 0 Å². The molecule has 0 spiro atoms. The van der Waals surface area contributed by atoms with E-state index in [4.69, 9.17) is 0 Å². The van der Waals surface area contributed by atoms with Crippen LogP contribution in [0.3, 0.4) is 0 Å². The van der Waals surface area contributed by atoms with Gasteiger partial charge in [-0.25, -0.2) is 0 Å². The summed E-state index contributed by atoms with van der Waals surface area (Å²) in [5.74, 6) is 0.115. The molecule has 0 N–H and O–H groups in total. The summed E-state index contributed by atoms with van der Waals surface area (Å²) >= 11 is 0. The maximum absolute atomic E-state index is 12.5. The van der Waals surface area contributed by atoms with Crippen LogP contribution in [0.5, 0.6) is 0 Å². The Hall–Kier alpha value is -2.16. The van der Waals surface area contributed by atoms with Crippen LogP contribution in [0.2, 0.25) is 0 Å². The van der Waals surface area contributed by atoms with Crippen LogP contribution >= 0.6 is 0 Å². The van der Waals surface area contributed by atoms with Crippen LogP contribution in [-0.2, 0) is 0 Å². The highest BCUT2D eigenvalue weighted by atomic mass is 16.2. The monoisotopic (exact) mass is 280 g/mol. The van der Waals surface area contributed by atoms with E-state index in [1.54, 1.807) is 6.20 Å². The predicted molar refractivity (Wildman–Crippen MR) is 84.0 cm³/mol. The van der Waals surface area contributed by atoms with Gasteiger partial charge in [0.25, 0.3) is 5.91 Å². The lowest BCUT2D eigenvalue weighted by molar-refractivity contribution is 0.0761. The van der Waals surface area contributed by atoms with E-state index in [0.717, 1.165) is 37.2 Å². The Morgan fingerprint density at radius 1 is 0.905 bits per heavy atom. The van der Waals surface area contributed by atoms with Gasteiger partial charge in [0.2, 0.25) is 0 Å². The minimum Gasteiger partial charge on any atom is -0.339 e. The van der Waals surface area contributed by atoms with Crippen LogP contribution in [0, 0.1) is 0 Å². The van der Waals surface area contributed by atoms with Crippen molar-refractivity contribution in [3.8, 4) is 11.3 Å². The number of carbonyl (C=O) groups excluding carboxylic acids is 1. The summed E-state index contributed by atoms with van der Waals surface area (Å²) in [4.78, 5) is 18.9. The van der Waals surface area contributed by atoms with E-state index in [0.29, 0.717) is 5.56 Å². The van der Waals surface area contributed by atoms with Crippen molar-refractivity contribution < 1.29 is 4.79 Å². The van der Waals surface area contributed by atoms with Crippen molar-refractivity contribution in [2.75, 3.05) is 13.1 Å². The SMILES string of the molecule is O=C(c1ccc(-c2ccccc2)nc1)N1CCCCCC1. The highest BCUT2D eigenvalue weighted by molar-refractivity contribution is 5.94. The Labute approximate surface area is 125 Å². The molecule has 0 radical (unpaired) electrons. The maximum atomic E-state index is 12.5. The second-order valence-corrected chi connectivity index (χ2v) is 5.50. The molecule has 0 unspecified atom stereocenters. The van der Waals surface area contributed by atoms with E-state index in [1.165, 1.54) is 12.8 Å². The molecule has 1 saturated heterocycles. The zero-order valence-corrected chi connectivity index (χ0v) is 12.2. The molecule has 3 nitrogen and oxygen atoms in total. The lowest BCUT2D eigenvalue weighted by Gasteiger charge is -2.20. The highest BCUT2D eigenvalue weighted by Gasteiger charge is 2.17. The fraction of sp³-hybridized carbons (Fsp3) is 0.333. The van der Waals surface area contributed by atoms with Gasteiger partial charge in [-0.3, -0.25) is 9.78 Å². The first-order valence-electron chi connectivity index (χ1n) is 7.65. The lowest BCUT2D eigenvalue weighted by Crippen LogP contribution is -2.31. The number of benzene rings is 1. The van der Waals surface area contributed by atoms with Gasteiger partial charge in [0.1, 0.15) is 0 Å². The third-order valence-corrected chi connectivity index (χ3v) is 3.97. The second kappa shape index (κ2) is 6.53. The van der Waals surface area contributed by atoms with Gasteiger partial charge in [0.15, 0.2) is 0 Å². The van der Waals surface area contributed by atoms with Gasteiger partial charge < -0.3 is 4.90 Å². The molecule has 1 amide bonds. The summed E-state index contributed by atoms with van der Waals surface area (Å²) in [6.07, 6.45) is 6.39. The van der Waals surface area contributed by atoms with Gasteiger partial charge in [-0.1, -0.05) is 43.2 Å². The number of hydrogen-bond donors (Lipinski definition) is 0. The number of likely N-dealkylation sites (tertiary alicyclic amines) is 1. The second-order valence-electron chi connectivity index (χ2n) is 5.50. The number of carbonyl (C=O) groups is 1. The van der Waals surface area contributed by atoms with Crippen molar-refractivity contribution in [3.05, 3.63) is 54.2 Å². The van der Waals surface area contributed by atoms with E-state index in [9.17, 15) is 4.79 Å². The summed E-state index contributed by atoms with van der Waals surface area (Å²) < 4.78 is 0. The Morgan fingerprint density at radius 2 is 1.62 bits per heavy atom. The predicted octanol–water partition coefficient (Wildman–Crippen LogP) is 3.76. The van der Waals surface area contributed by atoms with Crippen molar-refractivity contribution >= 4 is 5.91 Å². The van der Waals surface area contributed by atoms with Gasteiger partial charge in [-0.15, -0.1) is 0 Å². The average molecular weight is 280 g/mol. The fourth-order valence-electron chi connectivity index (χ4n) is 2.76. The topological polar surface area (TPSA) is 33.2 Å². The molecular formula is C18H20N2O. The number of aromatic nitrogens is 1. The summed E-state index contributed by atoms with van der Waals surface area (Å²) in [5.41, 5.74) is 2.67. The van der Waals surface area contributed by atoms with Crippen molar-refractivity contribution in [2.24, 2.45) is 0 Å². The largest absolute Gasteiger partial charge is 0.339 e. The number of pyridine rings is 1. The Kier molecular flexibility index (Phi) is 4.29. The normalized spacial score (nSPS) is 15.5. The third kappa shape index (κ3) is 3.30. The van der Waals surface area contributed by atoms with Crippen molar-refractivity contribution in [1.29, 1.82) is 0 Å². The van der Waals surface area contributed by atoms with Crippen LogP contribution in [0.25, 0.3) is 11.3 Å². The number of hydrogen-bond acceptors (Lipinski definition) is 2. The molecule has 0 aliphatic carbocycles. The van der Waals surface area contributed by atoms with E-state index in [2.05, 4.69) is 4.98 Å². The molecule has 2 aromatic rings. The summed E-state index contributed by atoms with van der Waals surface area (Å²) in [6.45, 7) is 1.75. The molecule has 1 aromatic heterocycles. The Bertz CT molecular complexity index is 584. The quantitative estimate of drug-likeness (QED) is 0.839. The molecule has 3 rings (SSSR count). The van der Waals surface area contributed by atoms with Crippen molar-refractivity contribution in [2.45, 2.75) is 25.7 Å². The number of amides is 1. The van der Waals surface area contributed by atoms with Crippen LogP contribution in [0.15, 0.2) is 48.7 Å². The van der Waals surface area contributed by atoms with E-state index >= 15 is 0 Å². The van der Waals surface area contributed by atoms with E-state index in [1.807, 2.05) is 47.4 Å². The van der Waals surface area contributed by atoms with E-state index < -0.39 is 0 Å². The minimum absolute atomic E-state index is 0.115. The first-order chi connectivity index (χ1) is 10.3. The molecule has 1 aliphatic heterocycles. The van der Waals surface area contributed by atoms with Crippen molar-refractivity contribution in [3.63, 3.8) is 0 Å². The molecule has 0 bridgehead atoms. The summed E-state index contributed by atoms with van der Waals surface area (Å²) in [5, 5.41) is 0. The molecule has 1 fully saturated rings. The number of rotatable bonds is 2. The zero-order chi connectivity index (χ0) is 14.5. The Balaban J connectivity index is 1.76. The molecular weight excluding hydrogens is 260 g/mol. The minimum atomic E-state index is 0.115. The fourth-order valence-corrected chi connectivity index (χ4v) is 2.76. The van der Waals surface area contributed by atoms with Crippen LogP contribution in [-0.4, -0.2) is 28.9 Å². The molecule has 21 heavy (non-hydrogen) atoms. The Morgan fingerprint density at radius 3 is 2.24 bits per heavy atom. The standard InChI is InChI=1S/C18H20N2O/c21-18(20-12-6-1-2-7-13-20)16-10-11-17(19-14-16)15-8-4-3-5-9-15/h3-5,8-11,14H,1-2,6-7,12-13H2. The first-order valence-corrected chi connectivity index (χ1v) is 7.65. The van der Waals surface area contributed by atoms with Gasteiger partial charge in [-0.05, 0) is 25.0 Å². The lowest BCUT2D eigenvalue weighted by atomic mass is 10.1. The summed E-state index contributed by atoms with van der Waals surface area (Å²) in [6, 6.07) is 13.8. The molecule has 2 heterocycles. The van der Waals surface area contributed by atoms with Crippen LogP contribution in [0.1, 0.15) is 36.0 Å². The van der Waals surface area contributed by atoms with Gasteiger partial charge in [-0.2, -0.15) is 0 Å². The first kappa shape index (κ1) is 13.8. The third-order valence-electron chi connectivity index (χ3n) is 3.97. The highest BCUT2D eigenvalue weighted by Crippen LogP contribution is 2.18. The molecule has 0 atom stereocenters. The molecule has 1 aromatic carbocycles. The maximum Gasteiger partial charge on any atom is 0.255 e. The molecule has 3 heteroatoms. The van der Waals surface area contributed by atoms with E-state index in [-0.39, 0.29) is 5.91 Å². The zero-order valence-electron chi connectivity index (χ0n) is 12.2. The smallest absolute Gasteiger partial charge is 0.255 e. The van der Waals surface area contributed by atoms with Gasteiger partial charge in [0.05, 0.1) is 11.3 Å². The molecule has 108 valence electrons. The van der Waals surface area contributed by atoms with Crippen molar-refractivity contribution in [1.82, 2.24) is 9.88 Å². The van der Waals surface area contributed by atoms with Crippen LogP contribution in [0.4, 0.5) is 0 Å². The summed E-state index contributed by atoms with van der Waals surface area (Å²) in [7, 11) is 0. The van der Waals surface area contributed by atoms with Gasteiger partial charge in [0, 0.05) is 24.8 Å². The van der Waals surface area contributed by atoms with Crippen LogP contribution < -0.4 is 0 Å². The number of nitrogens with zero attached hydrogens (tertiary/aromatic N) is 2. The average Bonchev–Trinajstić information content (AvgIpc) is 2.84. The molecule has 1 aliphatic rings.